The Morgan fingerprint density at radius 3 is 2.75 bits per heavy atom. The Bertz CT molecular complexity index is 702. The van der Waals surface area contributed by atoms with Gasteiger partial charge in [0.1, 0.15) is 10.9 Å². The minimum Gasteiger partial charge on any atom is -0.468 e. The SMILES string of the molecule is CCNC(=NCC(c1ccco1)N1CCCC1)NCCc1ccc(Cl)nc1.I. The van der Waals surface area contributed by atoms with Crippen molar-refractivity contribution in [2.24, 2.45) is 4.99 Å². The number of hydrogen-bond donors (Lipinski definition) is 2. The van der Waals surface area contributed by atoms with Crippen LogP contribution in [0.1, 0.15) is 37.1 Å². The van der Waals surface area contributed by atoms with Crippen molar-refractivity contribution >= 4 is 41.5 Å². The maximum absolute atomic E-state index is 5.84. The molecule has 8 heteroatoms. The largest absolute Gasteiger partial charge is 0.468 e. The Kier molecular flexibility index (Phi) is 10.1. The lowest BCUT2D eigenvalue weighted by molar-refractivity contribution is 0.221. The minimum absolute atomic E-state index is 0. The molecule has 3 rings (SSSR count). The van der Waals surface area contributed by atoms with E-state index >= 15 is 0 Å². The lowest BCUT2D eigenvalue weighted by Gasteiger charge is -2.24. The fourth-order valence-electron chi connectivity index (χ4n) is 3.32. The average Bonchev–Trinajstić information content (AvgIpc) is 3.38. The molecule has 154 valence electrons. The number of nitrogens with zero attached hydrogens (tertiary/aromatic N) is 3. The molecule has 0 spiro atoms. The standard InChI is InChI=1S/C20H28ClN5O.HI/c1-2-22-20(23-10-9-16-7-8-19(21)24-14-16)25-15-17(18-6-5-13-27-18)26-11-3-4-12-26;/h5-8,13-14,17H,2-4,9-12,15H2,1H3,(H2,22,23,25);1H. The van der Waals surface area contributed by atoms with Gasteiger partial charge in [-0.25, -0.2) is 4.98 Å². The summed E-state index contributed by atoms with van der Waals surface area (Å²) in [6.45, 7) is 6.56. The third kappa shape index (κ3) is 6.93. The van der Waals surface area contributed by atoms with Gasteiger partial charge in [0.15, 0.2) is 5.96 Å². The van der Waals surface area contributed by atoms with E-state index < -0.39 is 0 Å². The van der Waals surface area contributed by atoms with E-state index in [9.17, 15) is 0 Å². The summed E-state index contributed by atoms with van der Waals surface area (Å²) in [6.07, 6.45) is 6.91. The summed E-state index contributed by atoms with van der Waals surface area (Å²) in [6, 6.07) is 8.01. The van der Waals surface area contributed by atoms with Crippen molar-refractivity contribution in [1.29, 1.82) is 0 Å². The van der Waals surface area contributed by atoms with Crippen LogP contribution in [0.4, 0.5) is 0 Å². The predicted molar refractivity (Wildman–Crippen MR) is 125 cm³/mol. The zero-order valence-corrected chi connectivity index (χ0v) is 19.3. The number of aromatic nitrogens is 1. The number of furan rings is 1. The van der Waals surface area contributed by atoms with Crippen molar-refractivity contribution < 1.29 is 4.42 Å². The van der Waals surface area contributed by atoms with E-state index in [0.29, 0.717) is 11.7 Å². The van der Waals surface area contributed by atoms with Gasteiger partial charge in [0.2, 0.25) is 0 Å². The molecule has 0 aliphatic carbocycles. The second-order valence-corrected chi connectivity index (χ2v) is 7.05. The predicted octanol–water partition coefficient (Wildman–Crippen LogP) is 3.88. The van der Waals surface area contributed by atoms with Crippen LogP contribution in [-0.2, 0) is 6.42 Å². The zero-order chi connectivity index (χ0) is 18.9. The van der Waals surface area contributed by atoms with E-state index in [4.69, 9.17) is 21.0 Å². The Hall–Kier alpha value is -1.32. The summed E-state index contributed by atoms with van der Waals surface area (Å²) >= 11 is 5.84. The normalized spacial score (nSPS) is 15.9. The summed E-state index contributed by atoms with van der Waals surface area (Å²) in [5.41, 5.74) is 1.15. The molecule has 28 heavy (non-hydrogen) atoms. The maximum Gasteiger partial charge on any atom is 0.191 e. The van der Waals surface area contributed by atoms with Gasteiger partial charge in [-0.3, -0.25) is 9.89 Å². The van der Waals surface area contributed by atoms with Crippen molar-refractivity contribution in [2.75, 3.05) is 32.7 Å². The highest BCUT2D eigenvalue weighted by Gasteiger charge is 2.25. The topological polar surface area (TPSA) is 65.7 Å². The van der Waals surface area contributed by atoms with Crippen molar-refractivity contribution in [3.05, 3.63) is 53.2 Å². The van der Waals surface area contributed by atoms with Crippen LogP contribution in [-0.4, -0.2) is 48.6 Å². The number of guanidine groups is 1. The Morgan fingerprint density at radius 2 is 2.11 bits per heavy atom. The molecular weight excluding hydrogens is 489 g/mol. The van der Waals surface area contributed by atoms with Gasteiger partial charge >= 0.3 is 0 Å². The molecule has 3 heterocycles. The van der Waals surface area contributed by atoms with Crippen LogP contribution in [0, 0.1) is 0 Å². The van der Waals surface area contributed by atoms with Crippen molar-refractivity contribution in [3.63, 3.8) is 0 Å². The molecule has 6 nitrogen and oxygen atoms in total. The fraction of sp³-hybridized carbons (Fsp3) is 0.500. The second-order valence-electron chi connectivity index (χ2n) is 6.66. The number of hydrogen-bond acceptors (Lipinski definition) is 4. The zero-order valence-electron chi connectivity index (χ0n) is 16.2. The summed E-state index contributed by atoms with van der Waals surface area (Å²) < 4.78 is 5.68. The lowest BCUT2D eigenvalue weighted by atomic mass is 10.2. The van der Waals surface area contributed by atoms with Gasteiger partial charge < -0.3 is 15.1 Å². The van der Waals surface area contributed by atoms with Crippen molar-refractivity contribution in [2.45, 2.75) is 32.2 Å². The van der Waals surface area contributed by atoms with Crippen LogP contribution in [0.15, 0.2) is 46.1 Å². The maximum atomic E-state index is 5.84. The van der Waals surface area contributed by atoms with Gasteiger partial charge in [0.05, 0.1) is 18.8 Å². The molecule has 1 saturated heterocycles. The van der Waals surface area contributed by atoms with Gasteiger partial charge in [-0.2, -0.15) is 0 Å². The van der Waals surface area contributed by atoms with Crippen molar-refractivity contribution in [3.8, 4) is 0 Å². The Balaban J connectivity index is 0.00000280. The van der Waals surface area contributed by atoms with Crippen LogP contribution in [0.3, 0.4) is 0 Å². The van der Waals surface area contributed by atoms with Gasteiger partial charge in [0.25, 0.3) is 0 Å². The molecule has 2 aromatic rings. The molecule has 0 saturated carbocycles. The van der Waals surface area contributed by atoms with Crippen LogP contribution in [0.25, 0.3) is 0 Å². The van der Waals surface area contributed by atoms with E-state index in [1.807, 2.05) is 30.5 Å². The smallest absolute Gasteiger partial charge is 0.191 e. The number of halogens is 2. The van der Waals surface area contributed by atoms with Crippen molar-refractivity contribution in [1.82, 2.24) is 20.5 Å². The molecule has 1 aliphatic heterocycles. The average molecular weight is 518 g/mol. The molecule has 1 fully saturated rings. The van der Waals surface area contributed by atoms with Gasteiger partial charge in [0, 0.05) is 19.3 Å². The molecule has 2 aromatic heterocycles. The summed E-state index contributed by atoms with van der Waals surface area (Å²) in [5.74, 6) is 1.82. The highest BCUT2D eigenvalue weighted by atomic mass is 127. The Labute approximate surface area is 189 Å². The highest BCUT2D eigenvalue weighted by molar-refractivity contribution is 14.0. The molecule has 2 N–H and O–H groups in total. The van der Waals surface area contributed by atoms with Crippen LogP contribution in [0.2, 0.25) is 5.15 Å². The van der Waals surface area contributed by atoms with Crippen LogP contribution < -0.4 is 10.6 Å². The first-order chi connectivity index (χ1) is 13.3. The first-order valence-electron chi connectivity index (χ1n) is 9.66. The first-order valence-corrected chi connectivity index (χ1v) is 10.0. The van der Waals surface area contributed by atoms with E-state index in [-0.39, 0.29) is 30.0 Å². The molecule has 0 amide bonds. The Morgan fingerprint density at radius 1 is 1.29 bits per heavy atom. The monoisotopic (exact) mass is 517 g/mol. The van der Waals surface area contributed by atoms with Gasteiger partial charge in [-0.05, 0) is 63.0 Å². The summed E-state index contributed by atoms with van der Waals surface area (Å²) in [7, 11) is 0. The van der Waals surface area contributed by atoms with Crippen LogP contribution in [0.5, 0.6) is 0 Å². The van der Waals surface area contributed by atoms with Crippen LogP contribution >= 0.6 is 35.6 Å². The molecule has 1 aliphatic rings. The molecule has 1 atom stereocenters. The number of aliphatic imine (C=N–C) groups is 1. The van der Waals surface area contributed by atoms with E-state index in [1.165, 1.54) is 12.8 Å². The second kappa shape index (κ2) is 12.3. The lowest BCUT2D eigenvalue weighted by Crippen LogP contribution is -2.39. The first kappa shape index (κ1) is 23.0. The van der Waals surface area contributed by atoms with Gasteiger partial charge in [-0.15, -0.1) is 24.0 Å². The molecule has 0 aromatic carbocycles. The molecule has 1 unspecified atom stereocenters. The third-order valence-electron chi connectivity index (χ3n) is 4.71. The van der Waals surface area contributed by atoms with Gasteiger partial charge in [-0.1, -0.05) is 17.7 Å². The number of rotatable bonds is 8. The fourth-order valence-corrected chi connectivity index (χ4v) is 3.43. The van der Waals surface area contributed by atoms with E-state index in [2.05, 4.69) is 27.4 Å². The highest BCUT2D eigenvalue weighted by Crippen LogP contribution is 2.25. The molecule has 0 radical (unpaired) electrons. The number of likely N-dealkylation sites (tertiary alicyclic amines) is 1. The molecule has 0 bridgehead atoms. The number of nitrogens with one attached hydrogen (secondary N) is 2. The quantitative estimate of drug-likeness (QED) is 0.241. The summed E-state index contributed by atoms with van der Waals surface area (Å²) in [5, 5.41) is 7.25. The van der Waals surface area contributed by atoms with E-state index in [1.54, 1.807) is 6.26 Å². The summed E-state index contributed by atoms with van der Waals surface area (Å²) in [4.78, 5) is 11.4. The third-order valence-corrected chi connectivity index (χ3v) is 4.94. The minimum atomic E-state index is 0. The number of pyridine rings is 1. The van der Waals surface area contributed by atoms with E-state index in [0.717, 1.165) is 49.9 Å². The molecular formula is C20H29ClIN5O.